The standard InChI is InChI=1S/C12H12N2O3S3/c1-20(16,17)14-8-2-4-9(5-3-8)19-10-6-7-18-11(10)12(13)15/h2-7,14H,1H3,(H2,13,15). The van der Waals surface area contributed by atoms with Crippen molar-refractivity contribution < 1.29 is 13.2 Å². The van der Waals surface area contributed by atoms with Gasteiger partial charge in [-0.1, -0.05) is 11.8 Å². The lowest BCUT2D eigenvalue weighted by molar-refractivity contribution is 0.100. The summed E-state index contributed by atoms with van der Waals surface area (Å²) in [5, 5.41) is 1.81. The number of hydrogen-bond donors (Lipinski definition) is 2. The summed E-state index contributed by atoms with van der Waals surface area (Å²) >= 11 is 2.71. The molecule has 0 unspecified atom stereocenters. The molecule has 0 radical (unpaired) electrons. The van der Waals surface area contributed by atoms with Gasteiger partial charge in [-0.25, -0.2) is 8.42 Å². The quantitative estimate of drug-likeness (QED) is 0.882. The summed E-state index contributed by atoms with van der Waals surface area (Å²) in [6.07, 6.45) is 1.10. The molecule has 0 aliphatic rings. The highest BCUT2D eigenvalue weighted by molar-refractivity contribution is 7.99. The molecule has 0 aliphatic carbocycles. The van der Waals surface area contributed by atoms with E-state index in [1.165, 1.54) is 23.1 Å². The third-order valence-electron chi connectivity index (χ3n) is 2.24. The number of amides is 1. The van der Waals surface area contributed by atoms with Crippen LogP contribution in [0, 0.1) is 0 Å². The van der Waals surface area contributed by atoms with Gasteiger partial charge in [0.15, 0.2) is 0 Å². The molecule has 3 N–H and O–H groups in total. The maximum Gasteiger partial charge on any atom is 0.259 e. The summed E-state index contributed by atoms with van der Waals surface area (Å²) < 4.78 is 24.6. The number of sulfonamides is 1. The lowest BCUT2D eigenvalue weighted by atomic mass is 10.3. The van der Waals surface area contributed by atoms with Crippen molar-refractivity contribution in [3.63, 3.8) is 0 Å². The lowest BCUT2D eigenvalue weighted by Gasteiger charge is -2.05. The van der Waals surface area contributed by atoms with Gasteiger partial charge in [0.25, 0.3) is 5.91 Å². The summed E-state index contributed by atoms with van der Waals surface area (Å²) in [5.41, 5.74) is 5.79. The average molecular weight is 328 g/mol. The Bertz CT molecular complexity index is 721. The molecule has 0 saturated heterocycles. The Kier molecular flexibility index (Phi) is 4.36. The average Bonchev–Trinajstić information content (AvgIpc) is 2.78. The fraction of sp³-hybridized carbons (Fsp3) is 0.0833. The first kappa shape index (κ1) is 14.9. The molecule has 8 heteroatoms. The van der Waals surface area contributed by atoms with Crippen molar-refractivity contribution in [1.82, 2.24) is 0 Å². The number of benzene rings is 1. The van der Waals surface area contributed by atoms with Gasteiger partial charge in [0.2, 0.25) is 10.0 Å². The van der Waals surface area contributed by atoms with Crippen molar-refractivity contribution in [2.45, 2.75) is 9.79 Å². The van der Waals surface area contributed by atoms with Crippen LogP contribution in [0.3, 0.4) is 0 Å². The van der Waals surface area contributed by atoms with Gasteiger partial charge in [0.05, 0.1) is 6.26 Å². The van der Waals surface area contributed by atoms with E-state index in [1.807, 2.05) is 11.4 Å². The predicted molar refractivity (Wildman–Crippen MR) is 81.9 cm³/mol. The van der Waals surface area contributed by atoms with Gasteiger partial charge in [-0.05, 0) is 35.7 Å². The third-order valence-corrected chi connectivity index (χ3v) is 4.97. The molecule has 106 valence electrons. The Morgan fingerprint density at radius 3 is 2.45 bits per heavy atom. The number of thiophene rings is 1. The number of rotatable bonds is 5. The van der Waals surface area contributed by atoms with Crippen LogP contribution in [0.5, 0.6) is 0 Å². The highest BCUT2D eigenvalue weighted by Crippen LogP contribution is 2.33. The van der Waals surface area contributed by atoms with E-state index in [1.54, 1.807) is 24.3 Å². The molecule has 0 atom stereocenters. The number of nitrogens with two attached hydrogens (primary N) is 1. The third kappa shape index (κ3) is 3.99. The molecule has 2 rings (SSSR count). The summed E-state index contributed by atoms with van der Waals surface area (Å²) in [5.74, 6) is -0.446. The van der Waals surface area contributed by atoms with Crippen LogP contribution in [0.15, 0.2) is 45.5 Å². The lowest BCUT2D eigenvalue weighted by Crippen LogP contribution is -2.09. The van der Waals surface area contributed by atoms with Crippen LogP contribution in [0.2, 0.25) is 0 Å². The largest absolute Gasteiger partial charge is 0.365 e. The van der Waals surface area contributed by atoms with Crippen LogP contribution >= 0.6 is 23.1 Å². The van der Waals surface area contributed by atoms with Crippen LogP contribution in [-0.2, 0) is 10.0 Å². The highest BCUT2D eigenvalue weighted by Gasteiger charge is 2.11. The van der Waals surface area contributed by atoms with Gasteiger partial charge in [0, 0.05) is 15.5 Å². The fourth-order valence-electron chi connectivity index (χ4n) is 1.49. The number of hydrogen-bond acceptors (Lipinski definition) is 5. The molecule has 2 aromatic rings. The summed E-state index contributed by atoms with van der Waals surface area (Å²) in [7, 11) is -3.27. The van der Waals surface area contributed by atoms with Gasteiger partial charge < -0.3 is 5.73 Å². The SMILES string of the molecule is CS(=O)(=O)Nc1ccc(Sc2ccsc2C(N)=O)cc1. The van der Waals surface area contributed by atoms with Crippen molar-refractivity contribution in [3.05, 3.63) is 40.6 Å². The molecular formula is C12H12N2O3S3. The van der Waals surface area contributed by atoms with Crippen molar-refractivity contribution in [3.8, 4) is 0 Å². The molecule has 0 aliphatic heterocycles. The van der Waals surface area contributed by atoms with E-state index in [0.717, 1.165) is 16.0 Å². The molecule has 0 saturated carbocycles. The first-order valence-corrected chi connectivity index (χ1v) is 9.07. The van der Waals surface area contributed by atoms with Crippen LogP contribution in [0.25, 0.3) is 0 Å². The molecular weight excluding hydrogens is 316 g/mol. The van der Waals surface area contributed by atoms with Gasteiger partial charge in [-0.15, -0.1) is 11.3 Å². The Morgan fingerprint density at radius 1 is 1.25 bits per heavy atom. The maximum atomic E-state index is 11.2. The van der Waals surface area contributed by atoms with Crippen LogP contribution in [0.4, 0.5) is 5.69 Å². The normalized spacial score (nSPS) is 11.2. The van der Waals surface area contributed by atoms with E-state index in [4.69, 9.17) is 5.73 Å². The van der Waals surface area contributed by atoms with E-state index in [-0.39, 0.29) is 0 Å². The minimum Gasteiger partial charge on any atom is -0.365 e. The van der Waals surface area contributed by atoms with E-state index >= 15 is 0 Å². The van der Waals surface area contributed by atoms with Crippen molar-refractivity contribution in [2.75, 3.05) is 11.0 Å². The fourth-order valence-corrected chi connectivity index (χ4v) is 3.91. The summed E-state index contributed by atoms with van der Waals surface area (Å²) in [6.45, 7) is 0. The predicted octanol–water partition coefficient (Wildman–Crippen LogP) is 2.37. The van der Waals surface area contributed by atoms with E-state index in [2.05, 4.69) is 4.72 Å². The Morgan fingerprint density at radius 2 is 1.90 bits per heavy atom. The molecule has 0 bridgehead atoms. The molecule has 0 spiro atoms. The second-order valence-electron chi connectivity index (χ2n) is 3.98. The number of carbonyl (C=O) groups is 1. The van der Waals surface area contributed by atoms with Crippen LogP contribution < -0.4 is 10.5 Å². The first-order chi connectivity index (χ1) is 9.35. The highest BCUT2D eigenvalue weighted by atomic mass is 32.2. The Balaban J connectivity index is 2.15. The summed E-state index contributed by atoms with van der Waals surface area (Å²) in [6, 6.07) is 8.72. The molecule has 5 nitrogen and oxygen atoms in total. The molecule has 1 heterocycles. The van der Waals surface area contributed by atoms with E-state index in [0.29, 0.717) is 10.6 Å². The minimum atomic E-state index is -3.27. The smallest absolute Gasteiger partial charge is 0.259 e. The topological polar surface area (TPSA) is 89.3 Å². The summed E-state index contributed by atoms with van der Waals surface area (Å²) in [4.78, 5) is 13.4. The second-order valence-corrected chi connectivity index (χ2v) is 7.76. The molecule has 0 fully saturated rings. The van der Waals surface area contributed by atoms with Crippen molar-refractivity contribution in [1.29, 1.82) is 0 Å². The zero-order valence-electron chi connectivity index (χ0n) is 10.5. The van der Waals surface area contributed by atoms with E-state index in [9.17, 15) is 13.2 Å². The zero-order chi connectivity index (χ0) is 14.8. The number of primary amides is 1. The van der Waals surface area contributed by atoms with E-state index < -0.39 is 15.9 Å². The van der Waals surface area contributed by atoms with Crippen LogP contribution in [-0.4, -0.2) is 20.6 Å². The van der Waals surface area contributed by atoms with Gasteiger partial charge >= 0.3 is 0 Å². The van der Waals surface area contributed by atoms with Gasteiger partial charge in [0.1, 0.15) is 4.88 Å². The molecule has 1 aromatic heterocycles. The Hall–Kier alpha value is -1.51. The van der Waals surface area contributed by atoms with Gasteiger partial charge in [-0.3, -0.25) is 9.52 Å². The van der Waals surface area contributed by atoms with Crippen molar-refractivity contribution >= 4 is 44.7 Å². The monoisotopic (exact) mass is 328 g/mol. The second kappa shape index (κ2) is 5.86. The number of carbonyl (C=O) groups excluding carboxylic acids is 1. The first-order valence-electron chi connectivity index (χ1n) is 5.48. The number of anilines is 1. The molecule has 20 heavy (non-hydrogen) atoms. The van der Waals surface area contributed by atoms with Crippen LogP contribution in [0.1, 0.15) is 9.67 Å². The molecule has 1 amide bonds. The van der Waals surface area contributed by atoms with Gasteiger partial charge in [-0.2, -0.15) is 0 Å². The minimum absolute atomic E-state index is 0.446. The number of nitrogens with one attached hydrogen (secondary N) is 1. The molecule has 1 aromatic carbocycles. The Labute approximate surface area is 125 Å². The zero-order valence-corrected chi connectivity index (χ0v) is 12.9. The van der Waals surface area contributed by atoms with Crippen molar-refractivity contribution in [2.24, 2.45) is 5.73 Å². The maximum absolute atomic E-state index is 11.2.